The highest BCUT2D eigenvalue weighted by Gasteiger charge is 2.08. The molecule has 0 saturated heterocycles. The van der Waals surface area contributed by atoms with Gasteiger partial charge in [0.25, 0.3) is 0 Å². The number of aromatic nitrogens is 2. The van der Waals surface area contributed by atoms with E-state index < -0.39 is 0 Å². The summed E-state index contributed by atoms with van der Waals surface area (Å²) in [4.78, 5) is 0. The van der Waals surface area contributed by atoms with Crippen LogP contribution in [0.5, 0.6) is 0 Å². The van der Waals surface area contributed by atoms with Gasteiger partial charge in [0, 0.05) is 11.3 Å². The van der Waals surface area contributed by atoms with Gasteiger partial charge in [0.2, 0.25) is 0 Å². The van der Waals surface area contributed by atoms with E-state index in [1.807, 2.05) is 19.1 Å². The second kappa shape index (κ2) is 3.18. The van der Waals surface area contributed by atoms with Crippen LogP contribution in [-0.4, -0.2) is 10.2 Å². The largest absolute Gasteiger partial charge is 0.382 e. The molecule has 0 aliphatic rings. The van der Waals surface area contributed by atoms with Crippen LogP contribution in [0.2, 0.25) is 0 Å². The maximum absolute atomic E-state index is 5.78. The third kappa shape index (κ3) is 1.37. The zero-order valence-electron chi connectivity index (χ0n) is 8.33. The van der Waals surface area contributed by atoms with Crippen molar-refractivity contribution < 1.29 is 0 Å². The maximum Gasteiger partial charge on any atom is 0.153 e. The van der Waals surface area contributed by atoms with Gasteiger partial charge in [-0.3, -0.25) is 5.10 Å². The van der Waals surface area contributed by atoms with E-state index in [1.54, 1.807) is 0 Å². The molecular formula is C11H13N3. The predicted octanol–water partition coefficient (Wildman–Crippen LogP) is 2.28. The van der Waals surface area contributed by atoms with E-state index in [4.69, 9.17) is 5.73 Å². The van der Waals surface area contributed by atoms with Crippen molar-refractivity contribution in [2.45, 2.75) is 13.8 Å². The van der Waals surface area contributed by atoms with Crippen molar-refractivity contribution in [2.24, 2.45) is 0 Å². The Morgan fingerprint density at radius 1 is 1.29 bits per heavy atom. The quantitative estimate of drug-likeness (QED) is 0.719. The summed E-state index contributed by atoms with van der Waals surface area (Å²) in [6.07, 6.45) is 0. The number of nitrogen functional groups attached to an aromatic ring is 1. The van der Waals surface area contributed by atoms with Crippen LogP contribution < -0.4 is 5.73 Å². The van der Waals surface area contributed by atoms with Crippen LogP contribution in [0, 0.1) is 13.8 Å². The molecule has 0 saturated carbocycles. The van der Waals surface area contributed by atoms with E-state index in [9.17, 15) is 0 Å². The van der Waals surface area contributed by atoms with Crippen LogP contribution in [0.4, 0.5) is 5.82 Å². The van der Waals surface area contributed by atoms with Crippen LogP contribution in [0.3, 0.4) is 0 Å². The Morgan fingerprint density at radius 2 is 2.07 bits per heavy atom. The van der Waals surface area contributed by atoms with Crippen molar-refractivity contribution >= 4 is 5.82 Å². The first kappa shape index (κ1) is 8.81. The van der Waals surface area contributed by atoms with Crippen LogP contribution >= 0.6 is 0 Å². The smallest absolute Gasteiger partial charge is 0.153 e. The van der Waals surface area contributed by atoms with E-state index >= 15 is 0 Å². The summed E-state index contributed by atoms with van der Waals surface area (Å²) in [5, 5.41) is 6.85. The van der Waals surface area contributed by atoms with E-state index in [1.165, 1.54) is 5.56 Å². The lowest BCUT2D eigenvalue weighted by Crippen LogP contribution is -1.88. The summed E-state index contributed by atoms with van der Waals surface area (Å²) in [6, 6.07) is 8.24. The minimum absolute atomic E-state index is 0.563. The first-order valence-corrected chi connectivity index (χ1v) is 4.56. The molecule has 72 valence electrons. The molecule has 1 aromatic heterocycles. The highest BCUT2D eigenvalue weighted by molar-refractivity contribution is 5.76. The molecule has 0 spiro atoms. The molecule has 1 heterocycles. The van der Waals surface area contributed by atoms with Gasteiger partial charge >= 0.3 is 0 Å². The van der Waals surface area contributed by atoms with Crippen molar-refractivity contribution in [2.75, 3.05) is 5.73 Å². The van der Waals surface area contributed by atoms with Gasteiger partial charge in [-0.1, -0.05) is 29.8 Å². The van der Waals surface area contributed by atoms with E-state index in [0.717, 1.165) is 16.8 Å². The average Bonchev–Trinajstić information content (AvgIpc) is 2.46. The van der Waals surface area contributed by atoms with Crippen molar-refractivity contribution in [1.82, 2.24) is 10.2 Å². The second-order valence-corrected chi connectivity index (χ2v) is 3.48. The molecule has 0 aliphatic carbocycles. The summed E-state index contributed by atoms with van der Waals surface area (Å²) < 4.78 is 0. The van der Waals surface area contributed by atoms with Gasteiger partial charge in [-0.15, -0.1) is 0 Å². The summed E-state index contributed by atoms with van der Waals surface area (Å²) in [7, 11) is 0. The number of aromatic amines is 1. The topological polar surface area (TPSA) is 54.7 Å². The second-order valence-electron chi connectivity index (χ2n) is 3.48. The van der Waals surface area contributed by atoms with E-state index in [-0.39, 0.29) is 0 Å². The Labute approximate surface area is 83.0 Å². The molecule has 0 aliphatic heterocycles. The molecule has 3 nitrogen and oxygen atoms in total. The molecule has 0 radical (unpaired) electrons. The summed E-state index contributed by atoms with van der Waals surface area (Å²) >= 11 is 0. The molecule has 2 aromatic rings. The van der Waals surface area contributed by atoms with Crippen molar-refractivity contribution in [3.05, 3.63) is 35.5 Å². The minimum atomic E-state index is 0.563. The summed E-state index contributed by atoms with van der Waals surface area (Å²) in [5.41, 5.74) is 10.1. The SMILES string of the molecule is Cc1cccc(-c2c(N)n[nH]c2C)c1. The molecule has 0 unspecified atom stereocenters. The first-order valence-electron chi connectivity index (χ1n) is 4.56. The first-order chi connectivity index (χ1) is 6.68. The molecule has 0 fully saturated rings. The van der Waals surface area contributed by atoms with Gasteiger partial charge in [0.1, 0.15) is 0 Å². The van der Waals surface area contributed by atoms with Gasteiger partial charge in [0.05, 0.1) is 0 Å². The van der Waals surface area contributed by atoms with Gasteiger partial charge in [-0.05, 0) is 19.4 Å². The third-order valence-corrected chi connectivity index (χ3v) is 2.28. The predicted molar refractivity (Wildman–Crippen MR) is 57.9 cm³/mol. The highest BCUT2D eigenvalue weighted by atomic mass is 15.2. The number of nitrogens with zero attached hydrogens (tertiary/aromatic N) is 1. The Morgan fingerprint density at radius 3 is 2.64 bits per heavy atom. The Bertz CT molecular complexity index is 438. The molecular weight excluding hydrogens is 174 g/mol. The van der Waals surface area contributed by atoms with Crippen LogP contribution in [0.15, 0.2) is 24.3 Å². The Hall–Kier alpha value is -1.77. The highest BCUT2D eigenvalue weighted by Crippen LogP contribution is 2.27. The molecule has 14 heavy (non-hydrogen) atoms. The number of nitrogens with one attached hydrogen (secondary N) is 1. The number of hydrogen-bond acceptors (Lipinski definition) is 2. The van der Waals surface area contributed by atoms with Gasteiger partial charge in [-0.25, -0.2) is 0 Å². The molecule has 0 bridgehead atoms. The number of nitrogens with two attached hydrogens (primary N) is 1. The number of hydrogen-bond donors (Lipinski definition) is 2. The number of aryl methyl sites for hydroxylation is 2. The van der Waals surface area contributed by atoms with Crippen LogP contribution in [-0.2, 0) is 0 Å². The molecule has 3 heteroatoms. The Kier molecular flexibility index (Phi) is 2.00. The van der Waals surface area contributed by atoms with Crippen LogP contribution in [0.1, 0.15) is 11.3 Å². The standard InChI is InChI=1S/C11H13N3/c1-7-4-3-5-9(6-7)10-8(2)13-14-11(10)12/h3-6H,1-2H3,(H3,12,13,14). The average molecular weight is 187 g/mol. The van der Waals surface area contributed by atoms with Gasteiger partial charge in [0.15, 0.2) is 5.82 Å². The lowest BCUT2D eigenvalue weighted by Gasteiger charge is -2.01. The molecule has 1 aromatic carbocycles. The van der Waals surface area contributed by atoms with Crippen molar-refractivity contribution in [1.29, 1.82) is 0 Å². The number of rotatable bonds is 1. The number of H-pyrrole nitrogens is 1. The zero-order chi connectivity index (χ0) is 10.1. The molecule has 3 N–H and O–H groups in total. The fraction of sp³-hybridized carbons (Fsp3) is 0.182. The maximum atomic E-state index is 5.78. The minimum Gasteiger partial charge on any atom is -0.382 e. The fourth-order valence-electron chi connectivity index (χ4n) is 1.61. The number of benzene rings is 1. The van der Waals surface area contributed by atoms with Crippen molar-refractivity contribution in [3.8, 4) is 11.1 Å². The monoisotopic (exact) mass is 187 g/mol. The lowest BCUT2D eigenvalue weighted by atomic mass is 10.0. The van der Waals surface area contributed by atoms with E-state index in [2.05, 4.69) is 29.3 Å². The van der Waals surface area contributed by atoms with Gasteiger partial charge < -0.3 is 5.73 Å². The Balaban J connectivity index is 2.59. The van der Waals surface area contributed by atoms with Gasteiger partial charge in [-0.2, -0.15) is 5.10 Å². The number of anilines is 1. The lowest BCUT2D eigenvalue weighted by molar-refractivity contribution is 1.05. The molecule has 0 amide bonds. The van der Waals surface area contributed by atoms with Crippen LogP contribution in [0.25, 0.3) is 11.1 Å². The summed E-state index contributed by atoms with van der Waals surface area (Å²) in [5.74, 6) is 0.563. The summed E-state index contributed by atoms with van der Waals surface area (Å²) in [6.45, 7) is 4.04. The third-order valence-electron chi connectivity index (χ3n) is 2.28. The molecule has 2 rings (SSSR count). The normalized spacial score (nSPS) is 10.4. The molecule has 0 atom stereocenters. The van der Waals surface area contributed by atoms with Crippen molar-refractivity contribution in [3.63, 3.8) is 0 Å². The zero-order valence-corrected chi connectivity index (χ0v) is 8.33. The fourth-order valence-corrected chi connectivity index (χ4v) is 1.61. The van der Waals surface area contributed by atoms with E-state index in [0.29, 0.717) is 5.82 Å².